The van der Waals surface area contributed by atoms with Crippen molar-refractivity contribution < 1.29 is 18.3 Å². The number of carbonyl (C=O) groups is 1. The van der Waals surface area contributed by atoms with E-state index in [1.807, 2.05) is 18.2 Å². The monoisotopic (exact) mass is 286 g/mol. The molecule has 0 radical (unpaired) electrons. The summed E-state index contributed by atoms with van der Waals surface area (Å²) in [5.41, 5.74) is 7.24. The first kappa shape index (κ1) is 16.4. The highest BCUT2D eigenvalue weighted by molar-refractivity contribution is 5.76. The van der Waals surface area contributed by atoms with Crippen LogP contribution in [0.1, 0.15) is 12.0 Å². The smallest absolute Gasteiger partial charge is 0.255 e. The minimum atomic E-state index is -2.54. The first-order chi connectivity index (χ1) is 9.54. The molecule has 1 aromatic rings. The maximum Gasteiger partial charge on any atom is 0.255 e. The van der Waals surface area contributed by atoms with Crippen LogP contribution in [0, 0.1) is 0 Å². The summed E-state index contributed by atoms with van der Waals surface area (Å²) in [6.07, 6.45) is -1.94. The van der Waals surface area contributed by atoms with Crippen molar-refractivity contribution in [2.75, 3.05) is 32.5 Å². The molecule has 1 amide bonds. The summed E-state index contributed by atoms with van der Waals surface area (Å²) in [4.78, 5) is 13.1. The third-order valence-electron chi connectivity index (χ3n) is 2.94. The third kappa shape index (κ3) is 5.52. The zero-order valence-electron chi connectivity index (χ0n) is 11.5. The Bertz CT molecular complexity index is 427. The summed E-state index contributed by atoms with van der Waals surface area (Å²) in [5.74, 6) is -0.314. The molecule has 0 bridgehead atoms. The van der Waals surface area contributed by atoms with E-state index >= 15 is 0 Å². The lowest BCUT2D eigenvalue weighted by atomic mass is 10.1. The lowest BCUT2D eigenvalue weighted by Gasteiger charge is -2.22. The number of aryl methyl sites for hydroxylation is 1. The van der Waals surface area contributed by atoms with E-state index in [9.17, 15) is 13.6 Å². The van der Waals surface area contributed by atoms with E-state index in [0.29, 0.717) is 12.1 Å². The van der Waals surface area contributed by atoms with Crippen molar-refractivity contribution in [1.82, 2.24) is 4.90 Å². The molecule has 112 valence electrons. The number of para-hydroxylation sites is 1. The van der Waals surface area contributed by atoms with Gasteiger partial charge in [-0.15, -0.1) is 0 Å². The van der Waals surface area contributed by atoms with E-state index in [-0.39, 0.29) is 25.5 Å². The molecular weight excluding hydrogens is 266 g/mol. The second-order valence-corrected chi connectivity index (χ2v) is 4.42. The maximum atomic E-state index is 12.4. The average molecular weight is 286 g/mol. The van der Waals surface area contributed by atoms with Crippen molar-refractivity contribution >= 4 is 11.6 Å². The van der Waals surface area contributed by atoms with Crippen LogP contribution in [0.15, 0.2) is 24.3 Å². The van der Waals surface area contributed by atoms with Crippen molar-refractivity contribution in [2.45, 2.75) is 19.3 Å². The summed E-state index contributed by atoms with van der Waals surface area (Å²) in [6, 6.07) is 7.22. The normalized spacial score (nSPS) is 10.8. The molecule has 0 aliphatic rings. The molecule has 0 spiro atoms. The van der Waals surface area contributed by atoms with Gasteiger partial charge in [0.1, 0.15) is 0 Å². The Kier molecular flexibility index (Phi) is 6.93. The molecule has 4 nitrogen and oxygen atoms in total. The molecule has 0 unspecified atom stereocenters. The van der Waals surface area contributed by atoms with Crippen LogP contribution in [0.3, 0.4) is 0 Å². The van der Waals surface area contributed by atoms with Crippen LogP contribution in [0.4, 0.5) is 14.5 Å². The number of methoxy groups -OCH3 is 1. The lowest BCUT2D eigenvalue weighted by Crippen LogP contribution is -2.37. The quantitative estimate of drug-likeness (QED) is 0.743. The highest BCUT2D eigenvalue weighted by Gasteiger charge is 2.17. The Labute approximate surface area is 117 Å². The zero-order chi connectivity index (χ0) is 15.0. The topological polar surface area (TPSA) is 55.6 Å². The number of nitrogens with two attached hydrogens (primary N) is 1. The SMILES string of the molecule is COCCN(CC(F)F)C(=O)CCc1ccccc1N. The molecule has 0 aromatic heterocycles. The minimum absolute atomic E-state index is 0.157. The van der Waals surface area contributed by atoms with Crippen molar-refractivity contribution in [2.24, 2.45) is 0 Å². The number of ether oxygens (including phenoxy) is 1. The van der Waals surface area contributed by atoms with Gasteiger partial charge in [-0.1, -0.05) is 18.2 Å². The molecule has 1 rings (SSSR count). The Morgan fingerprint density at radius 3 is 2.70 bits per heavy atom. The van der Waals surface area contributed by atoms with E-state index in [1.165, 1.54) is 7.11 Å². The van der Waals surface area contributed by atoms with Crippen LogP contribution in [0.25, 0.3) is 0 Å². The Hall–Kier alpha value is -1.69. The van der Waals surface area contributed by atoms with Gasteiger partial charge < -0.3 is 15.4 Å². The van der Waals surface area contributed by atoms with E-state index in [2.05, 4.69) is 0 Å². The number of hydrogen-bond donors (Lipinski definition) is 1. The number of nitrogen functional groups attached to an aromatic ring is 1. The summed E-state index contributed by atoms with van der Waals surface area (Å²) >= 11 is 0. The molecule has 6 heteroatoms. The fourth-order valence-electron chi connectivity index (χ4n) is 1.85. The molecule has 0 fully saturated rings. The van der Waals surface area contributed by atoms with Gasteiger partial charge in [-0.25, -0.2) is 8.78 Å². The van der Waals surface area contributed by atoms with Gasteiger partial charge in [-0.2, -0.15) is 0 Å². The van der Waals surface area contributed by atoms with Crippen LogP contribution in [0.5, 0.6) is 0 Å². The third-order valence-corrected chi connectivity index (χ3v) is 2.94. The average Bonchev–Trinajstić information content (AvgIpc) is 2.41. The second kappa shape index (κ2) is 8.47. The van der Waals surface area contributed by atoms with Crippen LogP contribution in [-0.4, -0.2) is 44.0 Å². The Balaban J connectivity index is 2.54. The van der Waals surface area contributed by atoms with Gasteiger partial charge >= 0.3 is 0 Å². The van der Waals surface area contributed by atoms with Crippen molar-refractivity contribution in [1.29, 1.82) is 0 Å². The Morgan fingerprint density at radius 1 is 1.40 bits per heavy atom. The number of carbonyl (C=O) groups excluding carboxylic acids is 1. The molecule has 0 aliphatic heterocycles. The molecule has 0 saturated heterocycles. The van der Waals surface area contributed by atoms with E-state index in [0.717, 1.165) is 10.5 Å². The van der Waals surface area contributed by atoms with E-state index < -0.39 is 13.0 Å². The first-order valence-electron chi connectivity index (χ1n) is 6.42. The molecule has 1 aromatic carbocycles. The number of alkyl halides is 2. The van der Waals surface area contributed by atoms with Gasteiger partial charge in [0.05, 0.1) is 13.2 Å². The summed E-state index contributed by atoms with van der Waals surface area (Å²) in [7, 11) is 1.47. The summed E-state index contributed by atoms with van der Waals surface area (Å²) in [6.45, 7) is -0.150. The molecule has 0 aliphatic carbocycles. The highest BCUT2D eigenvalue weighted by atomic mass is 19.3. The molecule has 20 heavy (non-hydrogen) atoms. The Morgan fingerprint density at radius 2 is 2.10 bits per heavy atom. The molecule has 0 atom stereocenters. The van der Waals surface area contributed by atoms with Crippen molar-refractivity contribution in [3.8, 4) is 0 Å². The number of nitrogens with zero attached hydrogens (tertiary/aromatic N) is 1. The van der Waals surface area contributed by atoms with Gasteiger partial charge in [0, 0.05) is 25.8 Å². The number of benzene rings is 1. The zero-order valence-corrected chi connectivity index (χ0v) is 11.5. The van der Waals surface area contributed by atoms with Crippen molar-refractivity contribution in [3.63, 3.8) is 0 Å². The van der Waals surface area contributed by atoms with Crippen LogP contribution in [-0.2, 0) is 16.0 Å². The van der Waals surface area contributed by atoms with Gasteiger partial charge in [-0.05, 0) is 18.1 Å². The largest absolute Gasteiger partial charge is 0.399 e. The minimum Gasteiger partial charge on any atom is -0.399 e. The number of halogens is 2. The van der Waals surface area contributed by atoms with Crippen LogP contribution >= 0.6 is 0 Å². The van der Waals surface area contributed by atoms with Crippen molar-refractivity contribution in [3.05, 3.63) is 29.8 Å². The second-order valence-electron chi connectivity index (χ2n) is 4.42. The number of amides is 1. The number of anilines is 1. The summed E-state index contributed by atoms with van der Waals surface area (Å²) in [5, 5.41) is 0. The summed E-state index contributed by atoms with van der Waals surface area (Å²) < 4.78 is 29.7. The first-order valence-corrected chi connectivity index (χ1v) is 6.42. The molecule has 2 N–H and O–H groups in total. The fourth-order valence-corrected chi connectivity index (χ4v) is 1.85. The molecule has 0 saturated carbocycles. The van der Waals surface area contributed by atoms with Crippen LogP contribution < -0.4 is 5.73 Å². The molecule has 0 heterocycles. The fraction of sp³-hybridized carbons (Fsp3) is 0.500. The van der Waals surface area contributed by atoms with Gasteiger partial charge in [0.25, 0.3) is 6.43 Å². The highest BCUT2D eigenvalue weighted by Crippen LogP contribution is 2.13. The van der Waals surface area contributed by atoms with Crippen LogP contribution in [0.2, 0.25) is 0 Å². The standard InChI is InChI=1S/C14H20F2N2O2/c1-20-9-8-18(10-13(15)16)14(19)7-6-11-4-2-3-5-12(11)17/h2-5,13H,6-10,17H2,1H3. The van der Waals surface area contributed by atoms with Gasteiger partial charge in [-0.3, -0.25) is 4.79 Å². The molecular formula is C14H20F2N2O2. The number of hydrogen-bond acceptors (Lipinski definition) is 3. The van der Waals surface area contributed by atoms with Gasteiger partial charge in [0.15, 0.2) is 0 Å². The number of rotatable bonds is 8. The van der Waals surface area contributed by atoms with E-state index in [4.69, 9.17) is 10.5 Å². The van der Waals surface area contributed by atoms with E-state index in [1.54, 1.807) is 6.07 Å². The predicted octanol–water partition coefficient (Wildman–Crippen LogP) is 1.94. The maximum absolute atomic E-state index is 12.4. The predicted molar refractivity (Wildman–Crippen MR) is 73.6 cm³/mol. The lowest BCUT2D eigenvalue weighted by molar-refractivity contribution is -0.133. The van der Waals surface area contributed by atoms with Gasteiger partial charge in [0.2, 0.25) is 5.91 Å².